The van der Waals surface area contributed by atoms with Crippen LogP contribution in [0.4, 0.5) is 0 Å². The van der Waals surface area contributed by atoms with E-state index in [9.17, 15) is 0 Å². The standard InChI is InChI=1S/C18H16N4/c1-12(2)17-20-14-8-4-3-7-13(14)18(21-17)22-11-19-15-9-5-6-10-16(15)22/h3-12H,1-2H3. The van der Waals surface area contributed by atoms with Crippen molar-refractivity contribution in [3.05, 3.63) is 60.7 Å². The van der Waals surface area contributed by atoms with Gasteiger partial charge in [-0.2, -0.15) is 0 Å². The van der Waals surface area contributed by atoms with Crippen molar-refractivity contribution in [2.45, 2.75) is 19.8 Å². The Hall–Kier alpha value is -2.75. The fraction of sp³-hybridized carbons (Fsp3) is 0.167. The molecule has 0 unspecified atom stereocenters. The van der Waals surface area contributed by atoms with E-state index < -0.39 is 0 Å². The van der Waals surface area contributed by atoms with Crippen LogP contribution in [0.5, 0.6) is 0 Å². The van der Waals surface area contributed by atoms with Crippen LogP contribution in [0.1, 0.15) is 25.6 Å². The second kappa shape index (κ2) is 4.91. The molecule has 4 aromatic rings. The molecule has 22 heavy (non-hydrogen) atoms. The normalized spacial score (nSPS) is 11.6. The lowest BCUT2D eigenvalue weighted by atomic mass is 10.1. The van der Waals surface area contributed by atoms with E-state index in [2.05, 4.69) is 35.9 Å². The Morgan fingerprint density at radius 3 is 2.41 bits per heavy atom. The molecule has 0 bridgehead atoms. The molecule has 4 rings (SSSR count). The summed E-state index contributed by atoms with van der Waals surface area (Å²) in [6, 6.07) is 16.2. The molecule has 0 N–H and O–H groups in total. The van der Waals surface area contributed by atoms with Crippen molar-refractivity contribution in [3.63, 3.8) is 0 Å². The van der Waals surface area contributed by atoms with Crippen molar-refractivity contribution in [2.75, 3.05) is 0 Å². The third-order valence-corrected chi connectivity index (χ3v) is 3.80. The second-order valence-electron chi connectivity index (χ2n) is 5.68. The summed E-state index contributed by atoms with van der Waals surface area (Å²) in [6.07, 6.45) is 1.84. The molecule has 0 saturated carbocycles. The van der Waals surface area contributed by atoms with Crippen molar-refractivity contribution in [3.8, 4) is 5.82 Å². The highest BCUT2D eigenvalue weighted by molar-refractivity contribution is 5.88. The number of aromatic nitrogens is 4. The van der Waals surface area contributed by atoms with Crippen molar-refractivity contribution < 1.29 is 0 Å². The highest BCUT2D eigenvalue weighted by atomic mass is 15.1. The van der Waals surface area contributed by atoms with Gasteiger partial charge in [0.15, 0.2) is 0 Å². The monoisotopic (exact) mass is 288 g/mol. The van der Waals surface area contributed by atoms with Crippen molar-refractivity contribution >= 4 is 21.9 Å². The van der Waals surface area contributed by atoms with Crippen LogP contribution in [-0.4, -0.2) is 19.5 Å². The minimum Gasteiger partial charge on any atom is -0.282 e. The molecule has 4 nitrogen and oxygen atoms in total. The number of hydrogen-bond acceptors (Lipinski definition) is 3. The van der Waals surface area contributed by atoms with E-state index >= 15 is 0 Å². The molecule has 108 valence electrons. The molecule has 2 heterocycles. The van der Waals surface area contributed by atoms with Crippen LogP contribution in [0, 0.1) is 0 Å². The Kier molecular flexibility index (Phi) is 2.89. The van der Waals surface area contributed by atoms with E-state index in [-0.39, 0.29) is 5.92 Å². The lowest BCUT2D eigenvalue weighted by Gasteiger charge is -2.11. The Morgan fingerprint density at radius 1 is 0.864 bits per heavy atom. The SMILES string of the molecule is CC(C)c1nc(-n2cnc3ccccc32)c2ccccc2n1. The van der Waals surface area contributed by atoms with Crippen molar-refractivity contribution in [1.29, 1.82) is 0 Å². The number of nitrogens with zero attached hydrogens (tertiary/aromatic N) is 4. The molecule has 0 fully saturated rings. The summed E-state index contributed by atoms with van der Waals surface area (Å²) in [4.78, 5) is 14.0. The number of para-hydroxylation sites is 3. The summed E-state index contributed by atoms with van der Waals surface area (Å²) in [5, 5.41) is 1.04. The molecule has 2 aromatic heterocycles. The quantitative estimate of drug-likeness (QED) is 0.558. The topological polar surface area (TPSA) is 43.6 Å². The zero-order valence-electron chi connectivity index (χ0n) is 12.6. The van der Waals surface area contributed by atoms with Gasteiger partial charge in [-0.25, -0.2) is 15.0 Å². The van der Waals surface area contributed by atoms with Crippen LogP contribution >= 0.6 is 0 Å². The molecular weight excluding hydrogens is 272 g/mol. The number of imidazole rings is 1. The predicted molar refractivity (Wildman–Crippen MR) is 88.3 cm³/mol. The van der Waals surface area contributed by atoms with E-state index in [1.807, 2.05) is 47.3 Å². The molecule has 4 heteroatoms. The summed E-state index contributed by atoms with van der Waals surface area (Å²) in [5.41, 5.74) is 2.99. The van der Waals surface area contributed by atoms with Crippen LogP contribution in [-0.2, 0) is 0 Å². The zero-order valence-corrected chi connectivity index (χ0v) is 12.6. The maximum absolute atomic E-state index is 4.80. The van der Waals surface area contributed by atoms with Crippen LogP contribution in [0.3, 0.4) is 0 Å². The first-order valence-corrected chi connectivity index (χ1v) is 7.43. The van der Waals surface area contributed by atoms with Crippen molar-refractivity contribution in [1.82, 2.24) is 19.5 Å². The van der Waals surface area contributed by atoms with Crippen LogP contribution in [0.15, 0.2) is 54.9 Å². The smallest absolute Gasteiger partial charge is 0.150 e. The van der Waals surface area contributed by atoms with Gasteiger partial charge in [-0.15, -0.1) is 0 Å². The first kappa shape index (κ1) is 13.0. The van der Waals surface area contributed by atoms with Gasteiger partial charge >= 0.3 is 0 Å². The highest BCUT2D eigenvalue weighted by Crippen LogP contribution is 2.25. The van der Waals surface area contributed by atoms with Gasteiger partial charge in [-0.05, 0) is 24.3 Å². The summed E-state index contributed by atoms with van der Waals surface area (Å²) < 4.78 is 2.05. The fourth-order valence-corrected chi connectivity index (χ4v) is 2.65. The Morgan fingerprint density at radius 2 is 1.59 bits per heavy atom. The van der Waals surface area contributed by atoms with E-state index in [4.69, 9.17) is 4.98 Å². The third-order valence-electron chi connectivity index (χ3n) is 3.80. The van der Waals surface area contributed by atoms with Gasteiger partial charge in [0.25, 0.3) is 0 Å². The molecule has 0 amide bonds. The zero-order chi connectivity index (χ0) is 15.1. The second-order valence-corrected chi connectivity index (χ2v) is 5.68. The van der Waals surface area contributed by atoms with E-state index in [1.165, 1.54) is 0 Å². The van der Waals surface area contributed by atoms with E-state index in [0.717, 1.165) is 33.6 Å². The average molecular weight is 288 g/mol. The molecule has 0 aliphatic rings. The van der Waals surface area contributed by atoms with Gasteiger partial charge in [0.2, 0.25) is 0 Å². The minimum atomic E-state index is 0.276. The Labute approximate surface area is 128 Å². The first-order chi connectivity index (χ1) is 10.7. The first-order valence-electron chi connectivity index (χ1n) is 7.43. The maximum atomic E-state index is 4.80. The summed E-state index contributed by atoms with van der Waals surface area (Å²) in [7, 11) is 0. The highest BCUT2D eigenvalue weighted by Gasteiger charge is 2.13. The summed E-state index contributed by atoms with van der Waals surface area (Å²) in [5.74, 6) is 2.02. The molecule has 0 radical (unpaired) electrons. The molecule has 0 aliphatic heterocycles. The molecule has 0 aliphatic carbocycles. The van der Waals surface area contributed by atoms with Gasteiger partial charge in [-0.3, -0.25) is 4.57 Å². The fourth-order valence-electron chi connectivity index (χ4n) is 2.65. The summed E-state index contributed by atoms with van der Waals surface area (Å²) in [6.45, 7) is 4.22. The molecule has 0 saturated heterocycles. The van der Waals surface area contributed by atoms with Crippen LogP contribution in [0.25, 0.3) is 27.8 Å². The molecular formula is C18H16N4. The number of fused-ring (bicyclic) bond motifs is 2. The number of hydrogen-bond donors (Lipinski definition) is 0. The number of rotatable bonds is 2. The minimum absolute atomic E-state index is 0.276. The lowest BCUT2D eigenvalue weighted by molar-refractivity contribution is 0.774. The average Bonchev–Trinajstić information content (AvgIpc) is 2.97. The van der Waals surface area contributed by atoms with E-state index in [1.54, 1.807) is 0 Å². The van der Waals surface area contributed by atoms with Gasteiger partial charge in [0, 0.05) is 11.3 Å². The molecule has 0 atom stereocenters. The lowest BCUT2D eigenvalue weighted by Crippen LogP contribution is -2.05. The molecule has 2 aromatic carbocycles. The van der Waals surface area contributed by atoms with Gasteiger partial charge in [-0.1, -0.05) is 38.1 Å². The Bertz CT molecular complexity index is 969. The predicted octanol–water partition coefficient (Wildman–Crippen LogP) is 4.09. The number of benzene rings is 2. The van der Waals surface area contributed by atoms with Crippen LogP contribution < -0.4 is 0 Å². The van der Waals surface area contributed by atoms with Crippen LogP contribution in [0.2, 0.25) is 0 Å². The molecule has 0 spiro atoms. The summed E-state index contributed by atoms with van der Waals surface area (Å²) >= 11 is 0. The van der Waals surface area contributed by atoms with Crippen molar-refractivity contribution in [2.24, 2.45) is 0 Å². The van der Waals surface area contributed by atoms with Gasteiger partial charge < -0.3 is 0 Å². The van der Waals surface area contributed by atoms with Gasteiger partial charge in [0.1, 0.15) is 18.0 Å². The largest absolute Gasteiger partial charge is 0.282 e. The maximum Gasteiger partial charge on any atom is 0.150 e. The Balaban J connectivity index is 2.09. The van der Waals surface area contributed by atoms with Gasteiger partial charge in [0.05, 0.1) is 16.6 Å². The third kappa shape index (κ3) is 1.96. The van der Waals surface area contributed by atoms with E-state index in [0.29, 0.717) is 0 Å².